The lowest BCUT2D eigenvalue weighted by atomic mass is 9.95. The van der Waals surface area contributed by atoms with Crippen LogP contribution in [-0.2, 0) is 9.59 Å². The van der Waals surface area contributed by atoms with Gasteiger partial charge in [0, 0.05) is 18.2 Å². The molecule has 0 atom stereocenters. The molecular weight excluding hydrogens is 327 g/mol. The van der Waals surface area contributed by atoms with Crippen molar-refractivity contribution in [2.24, 2.45) is 5.92 Å². The number of halogens is 2. The Morgan fingerprint density at radius 3 is 2.50 bits per heavy atom. The van der Waals surface area contributed by atoms with Crippen molar-refractivity contribution in [1.82, 2.24) is 4.90 Å². The normalized spacial score (nSPS) is 16.5. The summed E-state index contributed by atoms with van der Waals surface area (Å²) in [5.41, 5.74) is 0.632. The van der Waals surface area contributed by atoms with Gasteiger partial charge in [-0.1, -0.05) is 23.2 Å². The van der Waals surface area contributed by atoms with Gasteiger partial charge in [0.15, 0.2) is 0 Å². The van der Waals surface area contributed by atoms with Crippen LogP contribution in [0.5, 0.6) is 0 Å². The molecule has 5 nitrogen and oxygen atoms in total. The van der Waals surface area contributed by atoms with Crippen molar-refractivity contribution in [2.75, 3.05) is 25.0 Å². The molecule has 1 aromatic rings. The van der Waals surface area contributed by atoms with E-state index in [0.29, 0.717) is 22.3 Å². The molecule has 0 radical (unpaired) electrons. The number of aliphatic carboxylic acids is 1. The number of hydrogen-bond donors (Lipinski definition) is 2. The predicted molar refractivity (Wildman–Crippen MR) is 86.5 cm³/mol. The SMILES string of the molecule is O=C(O)CCN1CCC(C(=O)Nc2ccc(Cl)c(Cl)c2)CC1. The smallest absolute Gasteiger partial charge is 0.304 e. The molecule has 1 heterocycles. The van der Waals surface area contributed by atoms with Crippen molar-refractivity contribution in [2.45, 2.75) is 19.3 Å². The van der Waals surface area contributed by atoms with E-state index in [-0.39, 0.29) is 18.2 Å². The predicted octanol–water partition coefficient (Wildman–Crippen LogP) is 3.12. The number of nitrogens with one attached hydrogen (secondary N) is 1. The lowest BCUT2D eigenvalue weighted by molar-refractivity contribution is -0.137. The third-order valence-electron chi connectivity index (χ3n) is 3.79. The van der Waals surface area contributed by atoms with Gasteiger partial charge in [-0.15, -0.1) is 0 Å². The molecule has 1 aliphatic heterocycles. The van der Waals surface area contributed by atoms with E-state index in [1.165, 1.54) is 0 Å². The Morgan fingerprint density at radius 1 is 1.23 bits per heavy atom. The number of carbonyl (C=O) groups is 2. The molecule has 1 aromatic carbocycles. The van der Waals surface area contributed by atoms with Gasteiger partial charge < -0.3 is 15.3 Å². The van der Waals surface area contributed by atoms with Crippen LogP contribution < -0.4 is 5.32 Å². The highest BCUT2D eigenvalue weighted by Gasteiger charge is 2.25. The number of carboxylic acids is 1. The number of carbonyl (C=O) groups excluding carboxylic acids is 1. The Bertz CT molecular complexity index is 558. The van der Waals surface area contributed by atoms with E-state index in [9.17, 15) is 9.59 Å². The summed E-state index contributed by atoms with van der Waals surface area (Å²) in [4.78, 5) is 24.9. The lowest BCUT2D eigenvalue weighted by Crippen LogP contribution is -2.39. The minimum Gasteiger partial charge on any atom is -0.481 e. The second-order valence-electron chi connectivity index (χ2n) is 5.38. The first-order valence-electron chi connectivity index (χ1n) is 7.16. The average Bonchev–Trinajstić information content (AvgIpc) is 2.49. The van der Waals surface area contributed by atoms with E-state index in [2.05, 4.69) is 10.2 Å². The van der Waals surface area contributed by atoms with E-state index in [0.717, 1.165) is 25.9 Å². The Kier molecular flexibility index (Phi) is 6.06. The van der Waals surface area contributed by atoms with Gasteiger partial charge in [0.05, 0.1) is 16.5 Å². The number of benzene rings is 1. The van der Waals surface area contributed by atoms with Crippen molar-refractivity contribution in [3.63, 3.8) is 0 Å². The van der Waals surface area contributed by atoms with Crippen LogP contribution in [0.25, 0.3) is 0 Å². The van der Waals surface area contributed by atoms with Crippen molar-refractivity contribution < 1.29 is 14.7 Å². The molecule has 1 saturated heterocycles. The van der Waals surface area contributed by atoms with Crippen molar-refractivity contribution >= 4 is 40.8 Å². The molecular formula is C15H18Cl2N2O3. The number of likely N-dealkylation sites (tertiary alicyclic amines) is 1. The molecule has 2 N–H and O–H groups in total. The van der Waals surface area contributed by atoms with Crippen molar-refractivity contribution in [3.8, 4) is 0 Å². The molecule has 120 valence electrons. The maximum Gasteiger partial charge on any atom is 0.304 e. The molecule has 0 bridgehead atoms. The van der Waals surface area contributed by atoms with Crippen LogP contribution in [0.1, 0.15) is 19.3 Å². The number of amides is 1. The van der Waals surface area contributed by atoms with Crippen LogP contribution in [0, 0.1) is 5.92 Å². The minimum absolute atomic E-state index is 0.0312. The molecule has 0 aromatic heterocycles. The van der Waals surface area contributed by atoms with Gasteiger partial charge in [-0.3, -0.25) is 9.59 Å². The molecule has 1 amide bonds. The number of nitrogens with zero attached hydrogens (tertiary/aromatic N) is 1. The van der Waals surface area contributed by atoms with Gasteiger partial charge in [0.1, 0.15) is 0 Å². The van der Waals surface area contributed by atoms with E-state index >= 15 is 0 Å². The first-order valence-corrected chi connectivity index (χ1v) is 7.91. The highest BCUT2D eigenvalue weighted by molar-refractivity contribution is 6.42. The quantitative estimate of drug-likeness (QED) is 0.860. The van der Waals surface area contributed by atoms with Gasteiger partial charge >= 0.3 is 5.97 Å². The fourth-order valence-corrected chi connectivity index (χ4v) is 2.79. The fraction of sp³-hybridized carbons (Fsp3) is 0.467. The molecule has 2 rings (SSSR count). The second-order valence-corrected chi connectivity index (χ2v) is 6.19. The van der Waals surface area contributed by atoms with E-state index in [4.69, 9.17) is 28.3 Å². The Balaban J connectivity index is 1.82. The highest BCUT2D eigenvalue weighted by Crippen LogP contribution is 2.26. The summed E-state index contributed by atoms with van der Waals surface area (Å²) in [7, 11) is 0. The number of rotatable bonds is 5. The molecule has 0 aliphatic carbocycles. The summed E-state index contributed by atoms with van der Waals surface area (Å²) >= 11 is 11.8. The molecule has 7 heteroatoms. The third kappa shape index (κ3) is 4.87. The van der Waals surface area contributed by atoms with Gasteiger partial charge in [-0.05, 0) is 44.1 Å². The van der Waals surface area contributed by atoms with Gasteiger partial charge in [0.25, 0.3) is 0 Å². The van der Waals surface area contributed by atoms with E-state index in [1.54, 1.807) is 18.2 Å². The maximum absolute atomic E-state index is 12.2. The van der Waals surface area contributed by atoms with Crippen LogP contribution in [-0.4, -0.2) is 41.5 Å². The maximum atomic E-state index is 12.2. The van der Waals surface area contributed by atoms with Crippen LogP contribution >= 0.6 is 23.2 Å². The number of hydrogen-bond acceptors (Lipinski definition) is 3. The first kappa shape index (κ1) is 17.1. The van der Waals surface area contributed by atoms with Crippen LogP contribution in [0.2, 0.25) is 10.0 Å². The molecule has 1 fully saturated rings. The monoisotopic (exact) mass is 344 g/mol. The van der Waals surface area contributed by atoms with Crippen molar-refractivity contribution in [1.29, 1.82) is 0 Å². The fourth-order valence-electron chi connectivity index (χ4n) is 2.49. The van der Waals surface area contributed by atoms with Crippen LogP contribution in [0.3, 0.4) is 0 Å². The van der Waals surface area contributed by atoms with Crippen LogP contribution in [0.15, 0.2) is 18.2 Å². The lowest BCUT2D eigenvalue weighted by Gasteiger charge is -2.30. The Labute approximate surface area is 139 Å². The largest absolute Gasteiger partial charge is 0.481 e. The van der Waals surface area contributed by atoms with Crippen LogP contribution in [0.4, 0.5) is 5.69 Å². The van der Waals surface area contributed by atoms with E-state index < -0.39 is 5.97 Å². The summed E-state index contributed by atoms with van der Waals surface area (Å²) in [6.45, 7) is 2.02. The van der Waals surface area contributed by atoms with Crippen molar-refractivity contribution in [3.05, 3.63) is 28.2 Å². The number of piperidine rings is 1. The Hall–Kier alpha value is -1.30. The molecule has 1 aliphatic rings. The average molecular weight is 345 g/mol. The summed E-state index contributed by atoms with van der Waals surface area (Å²) in [6.07, 6.45) is 1.60. The molecule has 22 heavy (non-hydrogen) atoms. The van der Waals surface area contributed by atoms with Gasteiger partial charge in [0.2, 0.25) is 5.91 Å². The minimum atomic E-state index is -0.792. The van der Waals surface area contributed by atoms with Gasteiger partial charge in [-0.25, -0.2) is 0 Å². The zero-order valence-electron chi connectivity index (χ0n) is 12.0. The second kappa shape index (κ2) is 7.81. The molecule has 0 unspecified atom stereocenters. The summed E-state index contributed by atoms with van der Waals surface area (Å²) in [5.74, 6) is -0.883. The summed E-state index contributed by atoms with van der Waals surface area (Å²) in [6, 6.07) is 4.99. The zero-order chi connectivity index (χ0) is 16.1. The summed E-state index contributed by atoms with van der Waals surface area (Å²) < 4.78 is 0. The Morgan fingerprint density at radius 2 is 1.91 bits per heavy atom. The number of carboxylic acid groups (broad SMARTS) is 1. The van der Waals surface area contributed by atoms with Gasteiger partial charge in [-0.2, -0.15) is 0 Å². The topological polar surface area (TPSA) is 69.6 Å². The zero-order valence-corrected chi connectivity index (χ0v) is 13.5. The third-order valence-corrected chi connectivity index (χ3v) is 4.53. The molecule has 0 spiro atoms. The van der Waals surface area contributed by atoms with E-state index in [1.807, 2.05) is 0 Å². The first-order chi connectivity index (χ1) is 10.5. The summed E-state index contributed by atoms with van der Waals surface area (Å²) in [5, 5.41) is 12.4. The molecule has 0 saturated carbocycles. The highest BCUT2D eigenvalue weighted by atomic mass is 35.5. The number of anilines is 1. The standard InChI is InChI=1S/C15H18Cl2N2O3/c16-12-2-1-11(9-13(12)17)18-15(22)10-3-6-19(7-4-10)8-5-14(20)21/h1-2,9-10H,3-8H2,(H,18,22)(H,20,21).